The Balaban J connectivity index is 2.38. The largest absolute Gasteiger partial charge is 0.481 e. The van der Waals surface area contributed by atoms with Crippen LogP contribution in [-0.4, -0.2) is 59.5 Å². The van der Waals surface area contributed by atoms with Crippen molar-refractivity contribution >= 4 is 5.97 Å². The molecule has 0 spiro atoms. The fourth-order valence-electron chi connectivity index (χ4n) is 1.63. The Kier molecular flexibility index (Phi) is 4.31. The van der Waals surface area contributed by atoms with E-state index in [0.29, 0.717) is 13.2 Å². The number of aliphatic carboxylic acids is 1. The summed E-state index contributed by atoms with van der Waals surface area (Å²) < 4.78 is 5.27. The Morgan fingerprint density at radius 2 is 2.43 bits per heavy atom. The van der Waals surface area contributed by atoms with Gasteiger partial charge in [-0.15, -0.1) is 0 Å². The van der Waals surface area contributed by atoms with Gasteiger partial charge in [0.25, 0.3) is 0 Å². The maximum Gasteiger partial charge on any atom is 0.304 e. The van der Waals surface area contributed by atoms with E-state index in [1.54, 1.807) is 0 Å². The average molecular weight is 203 g/mol. The highest BCUT2D eigenvalue weighted by molar-refractivity contribution is 5.67. The number of rotatable bonds is 4. The summed E-state index contributed by atoms with van der Waals surface area (Å²) in [6, 6.07) is 0.00505. The van der Waals surface area contributed by atoms with Crippen LogP contribution in [0.2, 0.25) is 0 Å². The van der Waals surface area contributed by atoms with Crippen molar-refractivity contribution in [2.75, 3.05) is 26.3 Å². The van der Waals surface area contributed by atoms with Gasteiger partial charge in [0.15, 0.2) is 0 Å². The lowest BCUT2D eigenvalue weighted by molar-refractivity contribution is -0.139. The Morgan fingerprint density at radius 1 is 1.71 bits per heavy atom. The van der Waals surface area contributed by atoms with Crippen molar-refractivity contribution < 1.29 is 19.7 Å². The van der Waals surface area contributed by atoms with E-state index in [-0.39, 0.29) is 25.2 Å². The second-order valence-corrected chi connectivity index (χ2v) is 3.62. The van der Waals surface area contributed by atoms with Gasteiger partial charge in [-0.3, -0.25) is 9.69 Å². The van der Waals surface area contributed by atoms with Crippen molar-refractivity contribution in [1.82, 2.24) is 4.90 Å². The summed E-state index contributed by atoms with van der Waals surface area (Å²) in [5, 5.41) is 17.5. The lowest BCUT2D eigenvalue weighted by atomic mass is 10.1. The van der Waals surface area contributed by atoms with Crippen LogP contribution in [0.15, 0.2) is 0 Å². The molecule has 1 aliphatic rings. The Labute approximate surface area is 83.3 Å². The molecule has 0 aromatic carbocycles. The van der Waals surface area contributed by atoms with E-state index in [4.69, 9.17) is 14.9 Å². The molecule has 0 aromatic heterocycles. The molecule has 0 saturated carbocycles. The SMILES string of the molecule is CC(CC(=O)O)N1CCOC(CO)C1. The molecule has 0 radical (unpaired) electrons. The molecule has 1 rings (SSSR count). The van der Waals surface area contributed by atoms with Gasteiger partial charge >= 0.3 is 5.97 Å². The summed E-state index contributed by atoms with van der Waals surface area (Å²) in [4.78, 5) is 12.5. The summed E-state index contributed by atoms with van der Waals surface area (Å²) in [7, 11) is 0. The quantitative estimate of drug-likeness (QED) is 0.647. The normalized spacial score (nSPS) is 26.0. The molecule has 2 N–H and O–H groups in total. The minimum Gasteiger partial charge on any atom is -0.481 e. The third kappa shape index (κ3) is 3.25. The number of aliphatic hydroxyl groups is 1. The van der Waals surface area contributed by atoms with Gasteiger partial charge in [0.1, 0.15) is 0 Å². The zero-order valence-electron chi connectivity index (χ0n) is 8.35. The van der Waals surface area contributed by atoms with Crippen LogP contribution in [0.5, 0.6) is 0 Å². The van der Waals surface area contributed by atoms with Crippen molar-refractivity contribution in [1.29, 1.82) is 0 Å². The highest BCUT2D eigenvalue weighted by Crippen LogP contribution is 2.10. The molecule has 0 aliphatic carbocycles. The van der Waals surface area contributed by atoms with E-state index in [2.05, 4.69) is 0 Å². The summed E-state index contributed by atoms with van der Waals surface area (Å²) in [6.07, 6.45) is -0.0296. The third-order valence-corrected chi connectivity index (χ3v) is 2.47. The number of carbonyl (C=O) groups is 1. The number of aliphatic hydroxyl groups excluding tert-OH is 1. The fraction of sp³-hybridized carbons (Fsp3) is 0.889. The average Bonchev–Trinajstić information content (AvgIpc) is 2.17. The number of carboxylic acid groups (broad SMARTS) is 1. The molecule has 1 fully saturated rings. The lowest BCUT2D eigenvalue weighted by Crippen LogP contribution is -2.48. The number of carboxylic acids is 1. The van der Waals surface area contributed by atoms with E-state index in [1.165, 1.54) is 0 Å². The van der Waals surface area contributed by atoms with Gasteiger partial charge in [-0.1, -0.05) is 0 Å². The molecule has 0 amide bonds. The predicted molar refractivity (Wildman–Crippen MR) is 50.1 cm³/mol. The van der Waals surface area contributed by atoms with Crippen LogP contribution in [-0.2, 0) is 9.53 Å². The minimum absolute atomic E-state index is 0.00368. The Morgan fingerprint density at radius 3 is 3.00 bits per heavy atom. The molecule has 2 atom stereocenters. The van der Waals surface area contributed by atoms with Gasteiger partial charge < -0.3 is 14.9 Å². The highest BCUT2D eigenvalue weighted by atomic mass is 16.5. The second-order valence-electron chi connectivity index (χ2n) is 3.62. The van der Waals surface area contributed by atoms with E-state index < -0.39 is 5.97 Å². The van der Waals surface area contributed by atoms with Crippen LogP contribution in [0, 0.1) is 0 Å². The van der Waals surface area contributed by atoms with E-state index in [1.807, 2.05) is 11.8 Å². The van der Waals surface area contributed by atoms with Gasteiger partial charge in [0.05, 0.1) is 25.7 Å². The van der Waals surface area contributed by atoms with Gasteiger partial charge in [-0.25, -0.2) is 0 Å². The molecule has 5 heteroatoms. The highest BCUT2D eigenvalue weighted by Gasteiger charge is 2.24. The van der Waals surface area contributed by atoms with Crippen LogP contribution in [0.4, 0.5) is 0 Å². The van der Waals surface area contributed by atoms with Crippen LogP contribution in [0.3, 0.4) is 0 Å². The van der Waals surface area contributed by atoms with Crippen molar-refractivity contribution in [2.45, 2.75) is 25.5 Å². The minimum atomic E-state index is -0.787. The molecule has 0 aromatic rings. The van der Waals surface area contributed by atoms with Crippen molar-refractivity contribution in [2.24, 2.45) is 0 Å². The van der Waals surface area contributed by atoms with Crippen LogP contribution >= 0.6 is 0 Å². The first kappa shape index (κ1) is 11.4. The first-order valence-electron chi connectivity index (χ1n) is 4.81. The van der Waals surface area contributed by atoms with Crippen LogP contribution in [0.1, 0.15) is 13.3 Å². The molecule has 82 valence electrons. The number of nitrogens with zero attached hydrogens (tertiary/aromatic N) is 1. The Hall–Kier alpha value is -0.650. The van der Waals surface area contributed by atoms with E-state index in [9.17, 15) is 4.79 Å². The first-order valence-corrected chi connectivity index (χ1v) is 4.81. The van der Waals surface area contributed by atoms with E-state index >= 15 is 0 Å². The maximum atomic E-state index is 10.5. The zero-order chi connectivity index (χ0) is 10.6. The summed E-state index contributed by atoms with van der Waals surface area (Å²) in [5.74, 6) is -0.787. The fourth-order valence-corrected chi connectivity index (χ4v) is 1.63. The number of morpholine rings is 1. The molecule has 14 heavy (non-hydrogen) atoms. The number of hydrogen-bond donors (Lipinski definition) is 2. The number of hydrogen-bond acceptors (Lipinski definition) is 4. The van der Waals surface area contributed by atoms with Gasteiger partial charge in [-0.05, 0) is 6.92 Å². The Bertz CT molecular complexity index is 197. The van der Waals surface area contributed by atoms with Crippen molar-refractivity contribution in [3.63, 3.8) is 0 Å². The molecule has 1 aliphatic heterocycles. The molecule has 1 heterocycles. The first-order chi connectivity index (χ1) is 6.63. The number of ether oxygens (including phenoxy) is 1. The smallest absolute Gasteiger partial charge is 0.304 e. The standard InChI is InChI=1S/C9H17NO4/c1-7(4-9(12)13)10-2-3-14-8(5-10)6-11/h7-8,11H,2-6H2,1H3,(H,12,13). The van der Waals surface area contributed by atoms with Gasteiger partial charge in [0.2, 0.25) is 0 Å². The van der Waals surface area contributed by atoms with Gasteiger partial charge in [-0.2, -0.15) is 0 Å². The molecular weight excluding hydrogens is 186 g/mol. The lowest BCUT2D eigenvalue weighted by Gasteiger charge is -2.35. The van der Waals surface area contributed by atoms with Crippen molar-refractivity contribution in [3.05, 3.63) is 0 Å². The molecule has 2 unspecified atom stereocenters. The van der Waals surface area contributed by atoms with Crippen molar-refractivity contribution in [3.8, 4) is 0 Å². The van der Waals surface area contributed by atoms with E-state index in [0.717, 1.165) is 6.54 Å². The molecule has 5 nitrogen and oxygen atoms in total. The zero-order valence-corrected chi connectivity index (χ0v) is 8.35. The molecular formula is C9H17NO4. The summed E-state index contributed by atoms with van der Waals surface area (Å²) >= 11 is 0. The monoisotopic (exact) mass is 203 g/mol. The summed E-state index contributed by atoms with van der Waals surface area (Å²) in [5.41, 5.74) is 0. The third-order valence-electron chi connectivity index (χ3n) is 2.47. The predicted octanol–water partition coefficient (Wildman–Crippen LogP) is -0.457. The topological polar surface area (TPSA) is 70.0 Å². The molecule has 1 saturated heterocycles. The second kappa shape index (κ2) is 5.29. The maximum absolute atomic E-state index is 10.5. The van der Waals surface area contributed by atoms with Crippen LogP contribution < -0.4 is 0 Å². The summed E-state index contributed by atoms with van der Waals surface area (Å²) in [6.45, 7) is 3.80. The van der Waals surface area contributed by atoms with Gasteiger partial charge in [0, 0.05) is 19.1 Å². The van der Waals surface area contributed by atoms with Crippen LogP contribution in [0.25, 0.3) is 0 Å². The molecule has 0 bridgehead atoms.